The minimum absolute atomic E-state index is 0.296. The lowest BCUT2D eigenvalue weighted by atomic mass is 10.2. The first-order valence-corrected chi connectivity index (χ1v) is 6.64. The second-order valence-electron chi connectivity index (χ2n) is 4.65. The lowest BCUT2D eigenvalue weighted by molar-refractivity contribution is -0.161. The fourth-order valence-corrected chi connectivity index (χ4v) is 1.52. The third kappa shape index (κ3) is 5.82. The Morgan fingerprint density at radius 2 is 1.91 bits per heavy atom. The van der Waals surface area contributed by atoms with E-state index in [1.165, 1.54) is 18.0 Å². The molecule has 1 amide bonds. The molecule has 0 saturated carbocycles. The van der Waals surface area contributed by atoms with Crippen molar-refractivity contribution in [2.75, 3.05) is 27.8 Å². The Labute approximate surface area is 129 Å². The largest absolute Gasteiger partial charge is 0.497 e. The number of esters is 1. The first kappa shape index (κ1) is 17.5. The van der Waals surface area contributed by atoms with E-state index in [-0.39, 0.29) is 12.5 Å². The Morgan fingerprint density at radius 1 is 1.27 bits per heavy atom. The summed E-state index contributed by atoms with van der Waals surface area (Å²) >= 11 is 0. The summed E-state index contributed by atoms with van der Waals surface area (Å²) in [7, 11) is 4.75. The first-order valence-electron chi connectivity index (χ1n) is 6.64. The van der Waals surface area contributed by atoms with E-state index >= 15 is 0 Å². The summed E-state index contributed by atoms with van der Waals surface area (Å²) in [5, 5.41) is 3.66. The van der Waals surface area contributed by atoms with Gasteiger partial charge in [0.05, 0.1) is 13.3 Å². The third-order valence-electron chi connectivity index (χ3n) is 2.67. The predicted octanol–water partition coefficient (Wildman–Crippen LogP) is 1.07. The molecule has 1 atom stereocenters. The Bertz CT molecular complexity index is 525. The van der Waals surface area contributed by atoms with Gasteiger partial charge in [-0.15, -0.1) is 0 Å². The standard InChI is InChI=1S/C15H20N2O5/c1-11(15(19)17(2)3)22-14(18)10-21-16-9-12-5-7-13(20-4)8-6-12/h5-9,11H,10H2,1-4H3/b16-9-/t11-/m0/s1. The molecule has 0 fully saturated rings. The minimum atomic E-state index is -0.850. The molecule has 0 aliphatic heterocycles. The number of ether oxygens (including phenoxy) is 2. The Balaban J connectivity index is 2.35. The number of amides is 1. The van der Waals surface area contributed by atoms with Gasteiger partial charge in [-0.1, -0.05) is 5.16 Å². The molecule has 0 bridgehead atoms. The average Bonchev–Trinajstić information content (AvgIpc) is 2.51. The van der Waals surface area contributed by atoms with Gasteiger partial charge >= 0.3 is 5.97 Å². The van der Waals surface area contributed by atoms with Crippen LogP contribution >= 0.6 is 0 Å². The van der Waals surface area contributed by atoms with E-state index in [4.69, 9.17) is 14.3 Å². The van der Waals surface area contributed by atoms with Crippen LogP contribution in [0.3, 0.4) is 0 Å². The number of methoxy groups -OCH3 is 1. The van der Waals surface area contributed by atoms with Gasteiger partial charge in [0.15, 0.2) is 6.10 Å². The number of likely N-dealkylation sites (N-methyl/N-ethyl adjacent to an activating group) is 1. The molecule has 0 unspecified atom stereocenters. The molecule has 0 heterocycles. The maximum absolute atomic E-state index is 11.5. The van der Waals surface area contributed by atoms with E-state index in [1.807, 2.05) is 0 Å². The van der Waals surface area contributed by atoms with E-state index in [2.05, 4.69) is 5.16 Å². The topological polar surface area (TPSA) is 77.4 Å². The van der Waals surface area contributed by atoms with Crippen LogP contribution in [-0.2, 0) is 19.2 Å². The lowest BCUT2D eigenvalue weighted by Crippen LogP contribution is -2.35. The maximum atomic E-state index is 11.5. The van der Waals surface area contributed by atoms with Gasteiger partial charge in [-0.05, 0) is 36.8 Å². The van der Waals surface area contributed by atoms with Crippen LogP contribution in [0.15, 0.2) is 29.4 Å². The number of benzene rings is 1. The number of carbonyl (C=O) groups is 2. The van der Waals surface area contributed by atoms with Crippen molar-refractivity contribution in [2.24, 2.45) is 5.16 Å². The number of nitrogens with zero attached hydrogens (tertiary/aromatic N) is 2. The van der Waals surface area contributed by atoms with Crippen LogP contribution in [0.1, 0.15) is 12.5 Å². The van der Waals surface area contributed by atoms with E-state index in [0.29, 0.717) is 0 Å². The molecule has 120 valence electrons. The van der Waals surface area contributed by atoms with Crippen molar-refractivity contribution in [3.05, 3.63) is 29.8 Å². The number of hydrogen-bond acceptors (Lipinski definition) is 6. The van der Waals surface area contributed by atoms with Crippen LogP contribution in [0.4, 0.5) is 0 Å². The van der Waals surface area contributed by atoms with Gasteiger partial charge in [-0.3, -0.25) is 4.79 Å². The number of oxime groups is 1. The molecule has 0 N–H and O–H groups in total. The van der Waals surface area contributed by atoms with Crippen LogP contribution in [-0.4, -0.2) is 56.9 Å². The van der Waals surface area contributed by atoms with E-state index in [9.17, 15) is 9.59 Å². The van der Waals surface area contributed by atoms with Gasteiger partial charge in [0, 0.05) is 14.1 Å². The van der Waals surface area contributed by atoms with Crippen molar-refractivity contribution in [2.45, 2.75) is 13.0 Å². The molecule has 0 aliphatic carbocycles. The fourth-order valence-electron chi connectivity index (χ4n) is 1.52. The molecule has 0 radical (unpaired) electrons. The lowest BCUT2D eigenvalue weighted by Gasteiger charge is -2.16. The smallest absolute Gasteiger partial charge is 0.347 e. The molecule has 1 rings (SSSR count). The number of rotatable bonds is 7. The van der Waals surface area contributed by atoms with Crippen molar-refractivity contribution in [1.82, 2.24) is 4.90 Å². The molecule has 1 aromatic carbocycles. The summed E-state index contributed by atoms with van der Waals surface area (Å²) in [6, 6.07) is 7.15. The summed E-state index contributed by atoms with van der Waals surface area (Å²) in [6.07, 6.45) is 0.609. The van der Waals surface area contributed by atoms with Crippen LogP contribution < -0.4 is 4.74 Å². The summed E-state index contributed by atoms with van der Waals surface area (Å²) in [6.45, 7) is 1.14. The third-order valence-corrected chi connectivity index (χ3v) is 2.67. The normalized spacial score (nSPS) is 11.8. The van der Waals surface area contributed by atoms with Crippen LogP contribution in [0.5, 0.6) is 5.75 Å². The quantitative estimate of drug-likeness (QED) is 0.428. The molecule has 1 aromatic rings. The van der Waals surface area contributed by atoms with Gasteiger partial charge in [-0.2, -0.15) is 0 Å². The minimum Gasteiger partial charge on any atom is -0.497 e. The Kier molecular flexibility index (Phi) is 6.88. The summed E-state index contributed by atoms with van der Waals surface area (Å²) in [5.74, 6) is -0.217. The molecule has 7 heteroatoms. The average molecular weight is 308 g/mol. The zero-order valence-electron chi connectivity index (χ0n) is 13.1. The molecule has 0 spiro atoms. The predicted molar refractivity (Wildman–Crippen MR) is 80.8 cm³/mol. The van der Waals surface area contributed by atoms with Crippen molar-refractivity contribution in [3.8, 4) is 5.75 Å². The van der Waals surface area contributed by atoms with Gasteiger partial charge in [-0.25, -0.2) is 4.79 Å². The molecule has 0 saturated heterocycles. The maximum Gasteiger partial charge on any atom is 0.347 e. The molecular weight excluding hydrogens is 288 g/mol. The van der Waals surface area contributed by atoms with Gasteiger partial charge in [0.2, 0.25) is 6.61 Å². The first-order chi connectivity index (χ1) is 10.4. The Hall–Kier alpha value is -2.57. The molecule has 22 heavy (non-hydrogen) atoms. The molecular formula is C15H20N2O5. The highest BCUT2D eigenvalue weighted by Gasteiger charge is 2.19. The SMILES string of the molecule is COc1ccc(/C=N\OCC(=O)O[C@@H](C)C(=O)N(C)C)cc1. The van der Waals surface area contributed by atoms with Crippen molar-refractivity contribution in [1.29, 1.82) is 0 Å². The van der Waals surface area contributed by atoms with Crippen LogP contribution in [0.25, 0.3) is 0 Å². The van der Waals surface area contributed by atoms with Crippen molar-refractivity contribution in [3.63, 3.8) is 0 Å². The second-order valence-corrected chi connectivity index (χ2v) is 4.65. The van der Waals surface area contributed by atoms with Gasteiger partial charge in [0.1, 0.15) is 5.75 Å². The van der Waals surface area contributed by atoms with Crippen molar-refractivity contribution >= 4 is 18.1 Å². The van der Waals surface area contributed by atoms with Gasteiger partial charge in [0.25, 0.3) is 5.91 Å². The highest BCUT2D eigenvalue weighted by atomic mass is 16.7. The summed E-state index contributed by atoms with van der Waals surface area (Å²) in [4.78, 5) is 29.2. The highest BCUT2D eigenvalue weighted by Crippen LogP contribution is 2.09. The van der Waals surface area contributed by atoms with E-state index in [1.54, 1.807) is 45.5 Å². The van der Waals surface area contributed by atoms with Gasteiger partial charge < -0.3 is 19.2 Å². The summed E-state index contributed by atoms with van der Waals surface area (Å²) < 4.78 is 9.94. The van der Waals surface area contributed by atoms with E-state index in [0.717, 1.165) is 11.3 Å². The molecule has 0 aliphatic rings. The van der Waals surface area contributed by atoms with E-state index < -0.39 is 12.1 Å². The van der Waals surface area contributed by atoms with Crippen LogP contribution in [0, 0.1) is 0 Å². The fraction of sp³-hybridized carbons (Fsp3) is 0.400. The molecule has 7 nitrogen and oxygen atoms in total. The zero-order chi connectivity index (χ0) is 16.5. The summed E-state index contributed by atoms with van der Waals surface area (Å²) in [5.41, 5.74) is 0.797. The number of carbonyl (C=O) groups excluding carboxylic acids is 2. The molecule has 0 aromatic heterocycles. The van der Waals surface area contributed by atoms with Crippen molar-refractivity contribution < 1.29 is 23.9 Å². The highest BCUT2D eigenvalue weighted by molar-refractivity contribution is 5.83. The monoisotopic (exact) mass is 308 g/mol. The second kappa shape index (κ2) is 8.66. The number of hydrogen-bond donors (Lipinski definition) is 0. The van der Waals surface area contributed by atoms with Crippen LogP contribution in [0.2, 0.25) is 0 Å². The zero-order valence-corrected chi connectivity index (χ0v) is 13.1. The Morgan fingerprint density at radius 3 is 2.45 bits per heavy atom.